The van der Waals surface area contributed by atoms with Crippen molar-refractivity contribution in [3.63, 3.8) is 0 Å². The molecule has 3 rings (SSSR count). The van der Waals surface area contributed by atoms with Crippen LogP contribution in [0.5, 0.6) is 0 Å². The molecule has 0 saturated heterocycles. The van der Waals surface area contributed by atoms with Crippen molar-refractivity contribution in [2.45, 2.75) is 64.3 Å². The molecule has 1 aliphatic carbocycles. The van der Waals surface area contributed by atoms with E-state index in [9.17, 15) is 9.18 Å². The van der Waals surface area contributed by atoms with Gasteiger partial charge in [0.15, 0.2) is 5.76 Å². The lowest BCUT2D eigenvalue weighted by Gasteiger charge is -2.36. The zero-order chi connectivity index (χ0) is 21.0. The third-order valence-corrected chi connectivity index (χ3v) is 5.23. The van der Waals surface area contributed by atoms with Gasteiger partial charge in [-0.25, -0.2) is 4.39 Å². The van der Waals surface area contributed by atoms with Crippen molar-refractivity contribution in [2.24, 2.45) is 5.73 Å². The molecule has 156 valence electrons. The molecule has 0 aliphatic heterocycles. The van der Waals surface area contributed by atoms with Gasteiger partial charge in [0.25, 0.3) is 0 Å². The van der Waals surface area contributed by atoms with E-state index in [-0.39, 0.29) is 36.0 Å². The van der Waals surface area contributed by atoms with E-state index in [2.05, 4.69) is 24.3 Å². The molecule has 3 atom stereocenters. The first kappa shape index (κ1) is 21.2. The SMILES string of the molecule is CCC(CC)O[C@@H]1C=C(c2cc(-c3ccc(F)cc3)on2)C[C@H](N)[C@H]1NC(C)=O. The molecule has 6 nitrogen and oxygen atoms in total. The normalized spacial score (nSPS) is 21.9. The van der Waals surface area contributed by atoms with Crippen LogP contribution in [0.3, 0.4) is 0 Å². The Morgan fingerprint density at radius 2 is 2.03 bits per heavy atom. The fourth-order valence-electron chi connectivity index (χ4n) is 3.61. The van der Waals surface area contributed by atoms with Crippen molar-refractivity contribution >= 4 is 11.5 Å². The zero-order valence-corrected chi connectivity index (χ0v) is 17.0. The Balaban J connectivity index is 1.88. The molecule has 1 aromatic carbocycles. The van der Waals surface area contributed by atoms with E-state index in [1.54, 1.807) is 12.1 Å². The van der Waals surface area contributed by atoms with E-state index in [1.807, 2.05) is 12.1 Å². The lowest BCUT2D eigenvalue weighted by Crippen LogP contribution is -2.56. The predicted molar refractivity (Wildman–Crippen MR) is 109 cm³/mol. The third kappa shape index (κ3) is 5.10. The molecule has 0 bridgehead atoms. The van der Waals surface area contributed by atoms with Crippen LogP contribution in [0.4, 0.5) is 4.39 Å². The van der Waals surface area contributed by atoms with Crippen LogP contribution in [-0.2, 0) is 9.53 Å². The molecule has 0 unspecified atom stereocenters. The molecule has 29 heavy (non-hydrogen) atoms. The molecular formula is C22H28FN3O3. The van der Waals surface area contributed by atoms with Crippen molar-refractivity contribution in [3.8, 4) is 11.3 Å². The van der Waals surface area contributed by atoms with Crippen LogP contribution in [0.2, 0.25) is 0 Å². The number of amides is 1. The summed E-state index contributed by atoms with van der Waals surface area (Å²) in [4.78, 5) is 11.7. The summed E-state index contributed by atoms with van der Waals surface area (Å²) in [6.45, 7) is 5.62. The Kier molecular flexibility index (Phi) is 6.82. The molecule has 0 spiro atoms. The van der Waals surface area contributed by atoms with Crippen molar-refractivity contribution in [3.05, 3.63) is 47.9 Å². The van der Waals surface area contributed by atoms with Crippen molar-refractivity contribution in [1.29, 1.82) is 0 Å². The van der Waals surface area contributed by atoms with Gasteiger partial charge in [0.1, 0.15) is 11.5 Å². The standard InChI is InChI=1S/C22H28FN3O3/c1-4-17(5-2)28-21-11-15(10-18(24)22(21)25-13(3)27)19-12-20(29-26-19)14-6-8-16(23)9-7-14/h6-9,11-12,17-18,21-22H,4-5,10,24H2,1-3H3,(H,25,27)/t18-,21+,22+/m0/s1. The van der Waals surface area contributed by atoms with Crippen LogP contribution in [0.15, 0.2) is 40.9 Å². The Hall–Kier alpha value is -2.51. The van der Waals surface area contributed by atoms with Gasteiger partial charge in [0.2, 0.25) is 5.91 Å². The number of benzene rings is 1. The summed E-state index contributed by atoms with van der Waals surface area (Å²) in [5, 5.41) is 7.11. The van der Waals surface area contributed by atoms with Gasteiger partial charge < -0.3 is 20.3 Å². The Labute approximate surface area is 170 Å². The zero-order valence-electron chi connectivity index (χ0n) is 17.0. The van der Waals surface area contributed by atoms with Crippen molar-refractivity contribution < 1.29 is 18.4 Å². The number of ether oxygens (including phenoxy) is 1. The van der Waals surface area contributed by atoms with Gasteiger partial charge in [-0.3, -0.25) is 4.79 Å². The Morgan fingerprint density at radius 3 is 2.66 bits per heavy atom. The van der Waals surface area contributed by atoms with Gasteiger partial charge in [-0.1, -0.05) is 19.0 Å². The average Bonchev–Trinajstić information content (AvgIpc) is 3.18. The van der Waals surface area contributed by atoms with E-state index >= 15 is 0 Å². The van der Waals surface area contributed by atoms with Crippen LogP contribution >= 0.6 is 0 Å². The van der Waals surface area contributed by atoms with E-state index in [4.69, 9.17) is 15.0 Å². The first-order valence-electron chi connectivity index (χ1n) is 10.0. The average molecular weight is 401 g/mol. The Morgan fingerprint density at radius 1 is 1.34 bits per heavy atom. The maximum Gasteiger partial charge on any atom is 0.217 e. The van der Waals surface area contributed by atoms with Crippen LogP contribution in [-0.4, -0.2) is 35.4 Å². The minimum atomic E-state index is -0.353. The quantitative estimate of drug-likeness (QED) is 0.739. The maximum absolute atomic E-state index is 13.2. The highest BCUT2D eigenvalue weighted by molar-refractivity contribution is 5.74. The van der Waals surface area contributed by atoms with Gasteiger partial charge >= 0.3 is 0 Å². The number of halogens is 1. The molecule has 2 aromatic rings. The number of rotatable bonds is 7. The molecule has 0 fully saturated rings. The van der Waals surface area contributed by atoms with Gasteiger partial charge in [0, 0.05) is 24.6 Å². The summed E-state index contributed by atoms with van der Waals surface area (Å²) in [5.41, 5.74) is 8.72. The minimum Gasteiger partial charge on any atom is -0.369 e. The van der Waals surface area contributed by atoms with E-state index < -0.39 is 0 Å². The Bertz CT molecular complexity index is 858. The third-order valence-electron chi connectivity index (χ3n) is 5.23. The second-order valence-corrected chi connectivity index (χ2v) is 7.41. The number of hydrogen-bond acceptors (Lipinski definition) is 5. The van der Waals surface area contributed by atoms with Gasteiger partial charge in [-0.2, -0.15) is 0 Å². The second-order valence-electron chi connectivity index (χ2n) is 7.41. The molecule has 1 aromatic heterocycles. The van der Waals surface area contributed by atoms with Gasteiger partial charge in [-0.05, 0) is 55.2 Å². The largest absolute Gasteiger partial charge is 0.369 e. The summed E-state index contributed by atoms with van der Waals surface area (Å²) >= 11 is 0. The second kappa shape index (κ2) is 9.33. The molecule has 0 saturated carbocycles. The molecule has 3 N–H and O–H groups in total. The molecule has 1 heterocycles. The highest BCUT2D eigenvalue weighted by Crippen LogP contribution is 2.31. The lowest BCUT2D eigenvalue weighted by atomic mass is 9.86. The highest BCUT2D eigenvalue weighted by Gasteiger charge is 2.34. The number of nitrogens with zero attached hydrogens (tertiary/aromatic N) is 1. The first-order valence-corrected chi connectivity index (χ1v) is 10.0. The fourth-order valence-corrected chi connectivity index (χ4v) is 3.61. The highest BCUT2D eigenvalue weighted by atomic mass is 19.1. The number of hydrogen-bond donors (Lipinski definition) is 2. The van der Waals surface area contributed by atoms with E-state index in [1.165, 1.54) is 19.1 Å². The topological polar surface area (TPSA) is 90.4 Å². The van der Waals surface area contributed by atoms with Crippen molar-refractivity contribution in [1.82, 2.24) is 10.5 Å². The first-order chi connectivity index (χ1) is 13.9. The summed E-state index contributed by atoms with van der Waals surface area (Å²) in [6.07, 6.45) is 3.98. The number of aromatic nitrogens is 1. The predicted octanol–water partition coefficient (Wildman–Crippen LogP) is 3.67. The number of nitrogens with two attached hydrogens (primary N) is 1. The van der Waals surface area contributed by atoms with Crippen LogP contribution in [0, 0.1) is 5.82 Å². The van der Waals surface area contributed by atoms with Gasteiger partial charge in [-0.15, -0.1) is 0 Å². The maximum atomic E-state index is 13.2. The molecule has 0 radical (unpaired) electrons. The van der Waals surface area contributed by atoms with E-state index in [0.717, 1.165) is 24.0 Å². The smallest absolute Gasteiger partial charge is 0.217 e. The summed E-state index contributed by atoms with van der Waals surface area (Å²) in [5.74, 6) is 0.108. The lowest BCUT2D eigenvalue weighted by molar-refractivity contribution is -0.121. The van der Waals surface area contributed by atoms with Crippen molar-refractivity contribution in [2.75, 3.05) is 0 Å². The van der Waals surface area contributed by atoms with E-state index in [0.29, 0.717) is 17.9 Å². The van der Waals surface area contributed by atoms with Gasteiger partial charge in [0.05, 0.1) is 18.2 Å². The number of nitrogens with one attached hydrogen (secondary N) is 1. The number of carbonyl (C=O) groups is 1. The van der Waals surface area contributed by atoms with Crippen LogP contribution in [0.1, 0.15) is 45.7 Å². The monoisotopic (exact) mass is 401 g/mol. The summed E-state index contributed by atoms with van der Waals surface area (Å²) in [7, 11) is 0. The summed E-state index contributed by atoms with van der Waals surface area (Å²) in [6, 6.07) is 7.25. The molecule has 1 amide bonds. The van der Waals surface area contributed by atoms with Crippen LogP contribution in [0.25, 0.3) is 16.9 Å². The number of carbonyl (C=O) groups excluding carboxylic acids is 1. The molecule has 7 heteroatoms. The fraction of sp³-hybridized carbons (Fsp3) is 0.455. The molecule has 1 aliphatic rings. The molecular weight excluding hydrogens is 373 g/mol. The minimum absolute atomic E-state index is 0.0751. The summed E-state index contributed by atoms with van der Waals surface area (Å²) < 4.78 is 24.9. The van der Waals surface area contributed by atoms with Crippen LogP contribution < -0.4 is 11.1 Å².